The van der Waals surface area contributed by atoms with Crippen LogP contribution in [0.2, 0.25) is 0 Å². The number of para-hydroxylation sites is 1. The van der Waals surface area contributed by atoms with Gasteiger partial charge in [-0.3, -0.25) is 14.5 Å². The molecule has 7 nitrogen and oxygen atoms in total. The normalized spacial score (nSPS) is 17.2. The van der Waals surface area contributed by atoms with Crippen LogP contribution in [0.5, 0.6) is 11.5 Å². The molecule has 0 aliphatic carbocycles. The van der Waals surface area contributed by atoms with Crippen LogP contribution in [0, 0.1) is 0 Å². The Bertz CT molecular complexity index is 924. The topological polar surface area (TPSA) is 80.8 Å². The number of ether oxygens (including phenoxy) is 2. The van der Waals surface area contributed by atoms with Gasteiger partial charge in [0.15, 0.2) is 16.6 Å². The van der Waals surface area contributed by atoms with Gasteiger partial charge in [0.1, 0.15) is 12.2 Å². The lowest BCUT2D eigenvalue weighted by Gasteiger charge is -2.18. The number of benzene rings is 1. The quantitative estimate of drug-likeness (QED) is 0.704. The summed E-state index contributed by atoms with van der Waals surface area (Å²) in [6, 6.07) is 5.90. The molecule has 2 aliphatic rings. The summed E-state index contributed by atoms with van der Waals surface area (Å²) in [5.41, 5.74) is 1.61. The molecule has 1 aromatic heterocycles. The molecule has 0 radical (unpaired) electrons. The van der Waals surface area contributed by atoms with Gasteiger partial charge in [-0.2, -0.15) is 0 Å². The maximum atomic E-state index is 12.2. The Kier molecular flexibility index (Phi) is 5.45. The van der Waals surface area contributed by atoms with Gasteiger partial charge in [0.2, 0.25) is 11.8 Å². The molecule has 8 heteroatoms. The number of hydrogen-bond donors (Lipinski definition) is 1. The molecule has 0 unspecified atom stereocenters. The minimum atomic E-state index is -0.220. The van der Waals surface area contributed by atoms with Gasteiger partial charge in [-0.05, 0) is 26.3 Å². The van der Waals surface area contributed by atoms with E-state index in [0.717, 1.165) is 24.2 Å². The number of carbonyl (C=O) groups is 2. The lowest BCUT2D eigenvalue weighted by Crippen LogP contribution is -2.29. The first-order valence-electron chi connectivity index (χ1n) is 9.86. The molecule has 3 heterocycles. The van der Waals surface area contributed by atoms with Crippen molar-refractivity contribution in [1.82, 2.24) is 10.3 Å². The highest BCUT2D eigenvalue weighted by Gasteiger charge is 2.32. The highest BCUT2D eigenvalue weighted by molar-refractivity contribution is 7.14. The molecule has 29 heavy (non-hydrogen) atoms. The van der Waals surface area contributed by atoms with Crippen molar-refractivity contribution in [2.24, 2.45) is 0 Å². The van der Waals surface area contributed by atoms with Crippen LogP contribution in [0.25, 0.3) is 0 Å². The number of aromatic nitrogens is 1. The summed E-state index contributed by atoms with van der Waals surface area (Å²) in [6.07, 6.45) is 2.48. The van der Waals surface area contributed by atoms with Crippen molar-refractivity contribution in [3.8, 4) is 11.5 Å². The van der Waals surface area contributed by atoms with E-state index in [9.17, 15) is 9.59 Å². The first-order chi connectivity index (χ1) is 13.9. The van der Waals surface area contributed by atoms with Crippen LogP contribution in [0.15, 0.2) is 23.6 Å². The minimum Gasteiger partial charge on any atom is -0.488 e. The molecule has 0 bridgehead atoms. The predicted octanol–water partition coefficient (Wildman–Crippen LogP) is 2.72. The van der Waals surface area contributed by atoms with E-state index in [1.807, 2.05) is 17.5 Å². The number of rotatable bonds is 7. The summed E-state index contributed by atoms with van der Waals surface area (Å²) in [7, 11) is 0. The molecule has 2 aliphatic heterocycles. The fourth-order valence-electron chi connectivity index (χ4n) is 3.63. The molecule has 4 rings (SSSR count). The molecule has 2 aromatic rings. The van der Waals surface area contributed by atoms with E-state index < -0.39 is 0 Å². The van der Waals surface area contributed by atoms with Crippen molar-refractivity contribution in [2.45, 2.75) is 45.1 Å². The summed E-state index contributed by atoms with van der Waals surface area (Å²) in [6.45, 7) is 5.57. The maximum Gasteiger partial charge on any atom is 0.228 e. The SMILES string of the molecule is CC1(C)Cc2cccc(OCCNC(=O)Cc3csc(N4CCCC4=O)n3)c2O1. The van der Waals surface area contributed by atoms with Gasteiger partial charge in [-0.25, -0.2) is 4.98 Å². The summed E-state index contributed by atoms with van der Waals surface area (Å²) in [4.78, 5) is 30.1. The molecule has 2 amide bonds. The van der Waals surface area contributed by atoms with Crippen molar-refractivity contribution < 1.29 is 19.1 Å². The zero-order chi connectivity index (χ0) is 20.4. The Morgan fingerprint density at radius 2 is 2.28 bits per heavy atom. The monoisotopic (exact) mass is 415 g/mol. The highest BCUT2D eigenvalue weighted by atomic mass is 32.1. The van der Waals surface area contributed by atoms with Gasteiger partial charge >= 0.3 is 0 Å². The van der Waals surface area contributed by atoms with Crippen molar-refractivity contribution in [3.63, 3.8) is 0 Å². The van der Waals surface area contributed by atoms with Gasteiger partial charge in [-0.1, -0.05) is 12.1 Å². The third-order valence-electron chi connectivity index (χ3n) is 4.92. The van der Waals surface area contributed by atoms with Gasteiger partial charge in [0.05, 0.1) is 18.7 Å². The van der Waals surface area contributed by atoms with Crippen molar-refractivity contribution in [2.75, 3.05) is 24.6 Å². The second kappa shape index (κ2) is 8.02. The zero-order valence-corrected chi connectivity index (χ0v) is 17.5. The van der Waals surface area contributed by atoms with E-state index in [0.29, 0.717) is 42.7 Å². The van der Waals surface area contributed by atoms with Gasteiger partial charge in [-0.15, -0.1) is 11.3 Å². The molecule has 1 N–H and O–H groups in total. The van der Waals surface area contributed by atoms with Gasteiger partial charge < -0.3 is 14.8 Å². The Morgan fingerprint density at radius 1 is 1.41 bits per heavy atom. The number of thiazole rings is 1. The third kappa shape index (κ3) is 4.53. The Balaban J connectivity index is 1.23. The lowest BCUT2D eigenvalue weighted by molar-refractivity contribution is -0.120. The van der Waals surface area contributed by atoms with Crippen LogP contribution in [-0.2, 0) is 22.4 Å². The number of carbonyl (C=O) groups excluding carboxylic acids is 2. The number of amides is 2. The fraction of sp³-hybridized carbons (Fsp3) is 0.476. The zero-order valence-electron chi connectivity index (χ0n) is 16.7. The summed E-state index contributed by atoms with van der Waals surface area (Å²) in [5.74, 6) is 1.50. The molecule has 1 aromatic carbocycles. The van der Waals surface area contributed by atoms with E-state index in [1.165, 1.54) is 11.3 Å². The molecule has 1 fully saturated rings. The first kappa shape index (κ1) is 19.7. The van der Waals surface area contributed by atoms with Crippen LogP contribution >= 0.6 is 11.3 Å². The first-order valence-corrected chi connectivity index (χ1v) is 10.7. The molecule has 0 saturated carbocycles. The molecular weight excluding hydrogens is 390 g/mol. The van der Waals surface area contributed by atoms with E-state index in [2.05, 4.69) is 30.2 Å². The second-order valence-corrected chi connectivity index (χ2v) is 8.77. The molecule has 1 saturated heterocycles. The van der Waals surface area contributed by atoms with E-state index in [1.54, 1.807) is 4.90 Å². The molecule has 0 atom stereocenters. The summed E-state index contributed by atoms with van der Waals surface area (Å²) >= 11 is 1.40. The lowest BCUT2D eigenvalue weighted by atomic mass is 10.0. The fourth-order valence-corrected chi connectivity index (χ4v) is 4.50. The van der Waals surface area contributed by atoms with Crippen LogP contribution < -0.4 is 19.7 Å². The number of nitrogens with zero attached hydrogens (tertiary/aromatic N) is 2. The molecule has 154 valence electrons. The second-order valence-electron chi connectivity index (χ2n) is 7.93. The Hall–Kier alpha value is -2.61. The third-order valence-corrected chi connectivity index (χ3v) is 5.83. The minimum absolute atomic E-state index is 0.104. The largest absolute Gasteiger partial charge is 0.488 e. The van der Waals surface area contributed by atoms with E-state index in [4.69, 9.17) is 9.47 Å². The van der Waals surface area contributed by atoms with Gasteiger partial charge in [0.25, 0.3) is 0 Å². The van der Waals surface area contributed by atoms with Crippen LogP contribution in [0.3, 0.4) is 0 Å². The van der Waals surface area contributed by atoms with Crippen LogP contribution in [0.4, 0.5) is 5.13 Å². The summed E-state index contributed by atoms with van der Waals surface area (Å²) < 4.78 is 11.8. The number of anilines is 1. The van der Waals surface area contributed by atoms with E-state index >= 15 is 0 Å². The van der Waals surface area contributed by atoms with Crippen molar-refractivity contribution in [1.29, 1.82) is 0 Å². The highest BCUT2D eigenvalue weighted by Crippen LogP contribution is 2.41. The number of hydrogen-bond acceptors (Lipinski definition) is 6. The van der Waals surface area contributed by atoms with Gasteiger partial charge in [0, 0.05) is 30.3 Å². The average molecular weight is 416 g/mol. The number of fused-ring (bicyclic) bond motifs is 1. The van der Waals surface area contributed by atoms with Crippen molar-refractivity contribution >= 4 is 28.3 Å². The molecular formula is C21H25N3O4S. The summed E-state index contributed by atoms with van der Waals surface area (Å²) in [5, 5.41) is 5.37. The van der Waals surface area contributed by atoms with E-state index in [-0.39, 0.29) is 23.8 Å². The average Bonchev–Trinajstić information content (AvgIpc) is 3.36. The Labute approximate surface area is 174 Å². The smallest absolute Gasteiger partial charge is 0.228 e. The maximum absolute atomic E-state index is 12.2. The molecule has 0 spiro atoms. The van der Waals surface area contributed by atoms with Crippen molar-refractivity contribution in [3.05, 3.63) is 34.8 Å². The number of nitrogens with one attached hydrogen (secondary N) is 1. The predicted molar refractivity (Wildman–Crippen MR) is 111 cm³/mol. The van der Waals surface area contributed by atoms with Crippen LogP contribution in [0.1, 0.15) is 37.9 Å². The standard InChI is InChI=1S/C21H25N3O4S/c1-21(2)12-14-5-3-6-16(19(14)28-21)27-10-8-22-17(25)11-15-13-29-20(23-15)24-9-4-7-18(24)26/h3,5-6,13H,4,7-12H2,1-2H3,(H,22,25). The Morgan fingerprint density at radius 3 is 3.07 bits per heavy atom. The van der Waals surface area contributed by atoms with Crippen LogP contribution in [-0.4, -0.2) is 42.1 Å².